The zero-order chi connectivity index (χ0) is 13.6. The molecule has 100 valence electrons. The maximum Gasteiger partial charge on any atom is 0.229 e. The fourth-order valence-electron chi connectivity index (χ4n) is 1.80. The van der Waals surface area contributed by atoms with E-state index in [2.05, 4.69) is 21.5 Å². The zero-order valence-electron chi connectivity index (χ0n) is 9.67. The number of hydrogen-bond acceptors (Lipinski definition) is 8. The molecule has 3 rings (SSSR count). The third-order valence-corrected chi connectivity index (χ3v) is 2.72. The number of fused-ring (bicyclic) bond motifs is 1. The van der Waals surface area contributed by atoms with Gasteiger partial charge in [-0.05, 0) is 0 Å². The van der Waals surface area contributed by atoms with Gasteiger partial charge in [-0.1, -0.05) is 6.58 Å². The second-order valence-corrected chi connectivity index (χ2v) is 3.94. The van der Waals surface area contributed by atoms with E-state index >= 15 is 0 Å². The first-order chi connectivity index (χ1) is 9.08. The lowest BCUT2D eigenvalue weighted by molar-refractivity contribution is -0.297. The van der Waals surface area contributed by atoms with Crippen molar-refractivity contribution < 1.29 is 19.7 Å². The topological polar surface area (TPSA) is 129 Å². The summed E-state index contributed by atoms with van der Waals surface area (Å²) in [5.41, 5.74) is 6.43. The third-order valence-electron chi connectivity index (χ3n) is 2.72. The average molecular weight is 265 g/mol. The van der Waals surface area contributed by atoms with Crippen LogP contribution in [0.4, 0.5) is 5.82 Å². The third kappa shape index (κ3) is 1.80. The molecule has 3 heterocycles. The summed E-state index contributed by atoms with van der Waals surface area (Å²) >= 11 is 0. The summed E-state index contributed by atoms with van der Waals surface area (Å²) < 4.78 is 11.6. The molecule has 9 nitrogen and oxygen atoms in total. The van der Waals surface area contributed by atoms with Crippen molar-refractivity contribution in [3.8, 4) is 0 Å². The predicted octanol–water partition coefficient (Wildman–Crippen LogP) is -0.896. The molecule has 2 unspecified atom stereocenters. The highest BCUT2D eigenvalue weighted by molar-refractivity contribution is 5.81. The van der Waals surface area contributed by atoms with Crippen molar-refractivity contribution in [3.63, 3.8) is 0 Å². The van der Waals surface area contributed by atoms with Gasteiger partial charge in [0.2, 0.25) is 18.8 Å². The second-order valence-electron chi connectivity index (χ2n) is 3.94. The number of nitrogens with zero attached hydrogens (tertiary/aromatic N) is 4. The number of rotatable bonds is 1. The Hall–Kier alpha value is -2.23. The molecule has 0 aromatic carbocycles. The standard InChI is InChI=1S/C10H11N5O4/c1-4-9(16)19-10(17)8(18-4)15-3-14-5-6(11)12-2-13-7(5)15/h2-3,8-10,16-17H,1H2,(H2,11,12,13)/t8-,9?,10?/m1/s1. The Morgan fingerprint density at radius 2 is 2.11 bits per heavy atom. The molecule has 1 aliphatic heterocycles. The molecule has 0 spiro atoms. The summed E-state index contributed by atoms with van der Waals surface area (Å²) in [6.45, 7) is 3.49. The van der Waals surface area contributed by atoms with Crippen LogP contribution in [-0.4, -0.2) is 42.3 Å². The Morgan fingerprint density at radius 3 is 2.89 bits per heavy atom. The van der Waals surface area contributed by atoms with E-state index in [9.17, 15) is 10.2 Å². The van der Waals surface area contributed by atoms with E-state index in [1.165, 1.54) is 17.2 Å². The van der Waals surface area contributed by atoms with Gasteiger partial charge < -0.3 is 25.4 Å². The fraction of sp³-hybridized carbons (Fsp3) is 0.300. The van der Waals surface area contributed by atoms with E-state index in [4.69, 9.17) is 15.2 Å². The summed E-state index contributed by atoms with van der Waals surface area (Å²) in [6, 6.07) is 0. The van der Waals surface area contributed by atoms with Crippen LogP contribution in [0.2, 0.25) is 0 Å². The Bertz CT molecular complexity index is 642. The molecule has 1 aliphatic rings. The van der Waals surface area contributed by atoms with Crippen molar-refractivity contribution in [2.24, 2.45) is 0 Å². The normalized spacial score (nSPS) is 27.5. The minimum atomic E-state index is -1.39. The number of imidazole rings is 1. The lowest BCUT2D eigenvalue weighted by Crippen LogP contribution is -2.39. The second kappa shape index (κ2) is 4.16. The number of aliphatic hydroxyl groups is 2. The average Bonchev–Trinajstić information content (AvgIpc) is 2.79. The first-order valence-electron chi connectivity index (χ1n) is 5.38. The lowest BCUT2D eigenvalue weighted by Gasteiger charge is -2.33. The molecule has 2 aromatic rings. The smallest absolute Gasteiger partial charge is 0.229 e. The highest BCUT2D eigenvalue weighted by Gasteiger charge is 2.35. The Balaban J connectivity index is 2.05. The van der Waals surface area contributed by atoms with Gasteiger partial charge in [0.15, 0.2) is 11.5 Å². The SMILES string of the molecule is C=C1O[C@@H](n2cnc3c(N)ncnc32)C(O)OC1O. The summed E-state index contributed by atoms with van der Waals surface area (Å²) in [6.07, 6.45) is -1.07. The van der Waals surface area contributed by atoms with Crippen LogP contribution < -0.4 is 5.73 Å². The molecule has 1 fully saturated rings. The van der Waals surface area contributed by atoms with E-state index in [-0.39, 0.29) is 11.6 Å². The van der Waals surface area contributed by atoms with E-state index in [0.29, 0.717) is 11.2 Å². The van der Waals surface area contributed by atoms with Gasteiger partial charge in [0.05, 0.1) is 0 Å². The quantitative estimate of drug-likeness (QED) is 0.605. The molecule has 0 radical (unpaired) electrons. The van der Waals surface area contributed by atoms with E-state index in [1.807, 2.05) is 0 Å². The molecular weight excluding hydrogens is 254 g/mol. The minimum absolute atomic E-state index is 0.0146. The van der Waals surface area contributed by atoms with Gasteiger partial charge in [0, 0.05) is 0 Å². The molecule has 0 bridgehead atoms. The van der Waals surface area contributed by atoms with Gasteiger partial charge in [0.25, 0.3) is 0 Å². The first kappa shape index (κ1) is 11.8. The maximum atomic E-state index is 9.79. The summed E-state index contributed by atoms with van der Waals surface area (Å²) in [5.74, 6) is 0.202. The van der Waals surface area contributed by atoms with Crippen LogP contribution in [0.3, 0.4) is 0 Å². The number of hydrogen-bond donors (Lipinski definition) is 3. The van der Waals surface area contributed by atoms with Crippen molar-refractivity contribution in [3.05, 3.63) is 25.0 Å². The van der Waals surface area contributed by atoms with Crippen molar-refractivity contribution in [2.45, 2.75) is 18.8 Å². The fourth-order valence-corrected chi connectivity index (χ4v) is 1.80. The van der Waals surface area contributed by atoms with Crippen LogP contribution >= 0.6 is 0 Å². The Kier molecular flexibility index (Phi) is 2.59. The van der Waals surface area contributed by atoms with Crippen LogP contribution in [0.1, 0.15) is 6.23 Å². The van der Waals surface area contributed by atoms with Gasteiger partial charge in [-0.25, -0.2) is 15.0 Å². The number of aromatic nitrogens is 4. The molecule has 0 amide bonds. The summed E-state index contributed by atoms with van der Waals surface area (Å²) in [4.78, 5) is 11.9. The molecule has 1 saturated heterocycles. The van der Waals surface area contributed by atoms with Crippen molar-refractivity contribution in [2.75, 3.05) is 5.73 Å². The molecule has 0 aliphatic carbocycles. The predicted molar refractivity (Wildman–Crippen MR) is 62.1 cm³/mol. The Labute approximate surface area is 106 Å². The van der Waals surface area contributed by atoms with Gasteiger partial charge >= 0.3 is 0 Å². The molecule has 3 atom stereocenters. The van der Waals surface area contributed by atoms with Crippen molar-refractivity contribution in [1.82, 2.24) is 19.5 Å². The van der Waals surface area contributed by atoms with Crippen LogP contribution in [0, 0.1) is 0 Å². The number of nitrogens with two attached hydrogens (primary N) is 1. The van der Waals surface area contributed by atoms with E-state index in [1.54, 1.807) is 0 Å². The number of ether oxygens (including phenoxy) is 2. The molecule has 19 heavy (non-hydrogen) atoms. The highest BCUT2D eigenvalue weighted by Crippen LogP contribution is 2.29. The van der Waals surface area contributed by atoms with Gasteiger partial charge in [-0.2, -0.15) is 0 Å². The van der Waals surface area contributed by atoms with Gasteiger partial charge in [-0.3, -0.25) is 4.57 Å². The molecule has 4 N–H and O–H groups in total. The van der Waals surface area contributed by atoms with Gasteiger partial charge in [0.1, 0.15) is 23.9 Å². The van der Waals surface area contributed by atoms with Crippen LogP contribution in [0.5, 0.6) is 0 Å². The monoisotopic (exact) mass is 265 g/mol. The van der Waals surface area contributed by atoms with Crippen LogP contribution in [-0.2, 0) is 9.47 Å². The molecule has 0 saturated carbocycles. The highest BCUT2D eigenvalue weighted by atomic mass is 16.7. The number of aliphatic hydroxyl groups excluding tert-OH is 2. The molecule has 2 aromatic heterocycles. The van der Waals surface area contributed by atoms with E-state index < -0.39 is 18.8 Å². The maximum absolute atomic E-state index is 9.79. The Morgan fingerprint density at radius 1 is 1.32 bits per heavy atom. The number of anilines is 1. The van der Waals surface area contributed by atoms with Crippen LogP contribution in [0.25, 0.3) is 11.2 Å². The number of nitrogen functional groups attached to an aromatic ring is 1. The summed E-state index contributed by atoms with van der Waals surface area (Å²) in [5, 5.41) is 19.1. The van der Waals surface area contributed by atoms with Crippen LogP contribution in [0.15, 0.2) is 25.0 Å². The van der Waals surface area contributed by atoms with E-state index in [0.717, 1.165) is 0 Å². The zero-order valence-corrected chi connectivity index (χ0v) is 9.67. The lowest BCUT2D eigenvalue weighted by atomic mass is 10.4. The minimum Gasteiger partial charge on any atom is -0.464 e. The largest absolute Gasteiger partial charge is 0.464 e. The van der Waals surface area contributed by atoms with Gasteiger partial charge in [-0.15, -0.1) is 0 Å². The van der Waals surface area contributed by atoms with Crippen molar-refractivity contribution >= 4 is 17.0 Å². The molecular formula is C10H11N5O4. The molecule has 9 heteroatoms. The first-order valence-corrected chi connectivity index (χ1v) is 5.38. The summed E-state index contributed by atoms with van der Waals surface area (Å²) in [7, 11) is 0. The van der Waals surface area contributed by atoms with Crippen molar-refractivity contribution in [1.29, 1.82) is 0 Å².